The van der Waals surface area contributed by atoms with Crippen LogP contribution in [0.15, 0.2) is 18.2 Å². The highest BCUT2D eigenvalue weighted by molar-refractivity contribution is 5.86. The first-order valence-electron chi connectivity index (χ1n) is 6.89. The number of hydrogen-bond acceptors (Lipinski definition) is 4. The van der Waals surface area contributed by atoms with Crippen molar-refractivity contribution >= 4 is 11.8 Å². The predicted octanol–water partition coefficient (Wildman–Crippen LogP) is 0.595. The van der Waals surface area contributed by atoms with Gasteiger partial charge >= 0.3 is 0 Å². The van der Waals surface area contributed by atoms with Gasteiger partial charge in [0.05, 0.1) is 20.8 Å². The second-order valence-corrected chi connectivity index (χ2v) is 4.89. The highest BCUT2D eigenvalue weighted by Gasteiger charge is 2.20. The summed E-state index contributed by atoms with van der Waals surface area (Å²) in [5.74, 6) is 1.30. The molecule has 0 aliphatic carbocycles. The number of benzene rings is 1. The number of ether oxygens (including phenoxy) is 2. The van der Waals surface area contributed by atoms with Gasteiger partial charge in [-0.1, -0.05) is 0 Å². The Kier molecular flexibility index (Phi) is 5.03. The van der Waals surface area contributed by atoms with E-state index in [0.29, 0.717) is 37.4 Å². The third-order valence-electron chi connectivity index (χ3n) is 3.43. The van der Waals surface area contributed by atoms with Crippen LogP contribution in [-0.4, -0.2) is 50.6 Å². The van der Waals surface area contributed by atoms with E-state index >= 15 is 0 Å². The second-order valence-electron chi connectivity index (χ2n) is 4.89. The molecule has 1 heterocycles. The van der Waals surface area contributed by atoms with Crippen LogP contribution in [0.4, 0.5) is 0 Å². The van der Waals surface area contributed by atoms with Crippen LogP contribution in [0.5, 0.6) is 11.5 Å². The normalized spacial score (nSPS) is 14.6. The molecule has 2 amide bonds. The summed E-state index contributed by atoms with van der Waals surface area (Å²) in [4.78, 5) is 25.0. The first-order chi connectivity index (χ1) is 10.1. The third-order valence-corrected chi connectivity index (χ3v) is 3.43. The van der Waals surface area contributed by atoms with Crippen LogP contribution in [0, 0.1) is 0 Å². The number of amides is 2. The fourth-order valence-electron chi connectivity index (χ4n) is 2.27. The molecule has 0 aromatic heterocycles. The number of methoxy groups -OCH3 is 2. The number of aryl methyl sites for hydroxylation is 1. The van der Waals surface area contributed by atoms with Crippen molar-refractivity contribution in [3.63, 3.8) is 0 Å². The van der Waals surface area contributed by atoms with Crippen molar-refractivity contribution in [2.75, 3.05) is 33.9 Å². The van der Waals surface area contributed by atoms with E-state index in [0.717, 1.165) is 5.56 Å². The first-order valence-corrected chi connectivity index (χ1v) is 6.89. The van der Waals surface area contributed by atoms with Crippen molar-refractivity contribution in [2.24, 2.45) is 0 Å². The molecule has 21 heavy (non-hydrogen) atoms. The largest absolute Gasteiger partial charge is 0.497 e. The van der Waals surface area contributed by atoms with Gasteiger partial charge in [-0.05, 0) is 24.1 Å². The van der Waals surface area contributed by atoms with E-state index in [1.165, 1.54) is 0 Å². The van der Waals surface area contributed by atoms with Gasteiger partial charge in [0.15, 0.2) is 0 Å². The third kappa shape index (κ3) is 4.11. The Labute approximate surface area is 124 Å². The van der Waals surface area contributed by atoms with Gasteiger partial charge < -0.3 is 19.7 Å². The van der Waals surface area contributed by atoms with Crippen LogP contribution in [-0.2, 0) is 16.0 Å². The van der Waals surface area contributed by atoms with Gasteiger partial charge in [0.2, 0.25) is 11.8 Å². The molecule has 1 aromatic carbocycles. The van der Waals surface area contributed by atoms with E-state index in [-0.39, 0.29) is 18.4 Å². The molecule has 2 rings (SSSR count). The number of piperazine rings is 1. The summed E-state index contributed by atoms with van der Waals surface area (Å²) in [6, 6.07) is 5.57. The highest BCUT2D eigenvalue weighted by atomic mass is 16.5. The van der Waals surface area contributed by atoms with Gasteiger partial charge in [-0.2, -0.15) is 0 Å². The second kappa shape index (κ2) is 6.97. The number of hydrogen-bond donors (Lipinski definition) is 1. The molecular weight excluding hydrogens is 272 g/mol. The molecule has 6 heteroatoms. The molecule has 0 atom stereocenters. The van der Waals surface area contributed by atoms with Gasteiger partial charge in [0.25, 0.3) is 0 Å². The molecule has 1 aliphatic heterocycles. The van der Waals surface area contributed by atoms with Crippen LogP contribution >= 0.6 is 0 Å². The number of nitrogens with one attached hydrogen (secondary N) is 1. The standard InChI is InChI=1S/C15H20N2O4/c1-20-12-7-11(8-13(9-12)21-2)3-4-15(19)17-6-5-16-14(18)10-17/h7-9H,3-6,10H2,1-2H3,(H,16,18). The molecule has 1 fully saturated rings. The molecular formula is C15H20N2O4. The van der Waals surface area contributed by atoms with Gasteiger partial charge in [0.1, 0.15) is 11.5 Å². The fourth-order valence-corrected chi connectivity index (χ4v) is 2.27. The SMILES string of the molecule is COc1cc(CCC(=O)N2CCNC(=O)C2)cc(OC)c1. The minimum absolute atomic E-state index is 0.00774. The summed E-state index contributed by atoms with van der Waals surface area (Å²) < 4.78 is 10.4. The highest BCUT2D eigenvalue weighted by Crippen LogP contribution is 2.23. The summed E-state index contributed by atoms with van der Waals surface area (Å²) in [6.45, 7) is 1.25. The van der Waals surface area contributed by atoms with Crippen molar-refractivity contribution in [3.8, 4) is 11.5 Å². The Morgan fingerprint density at radius 1 is 1.24 bits per heavy atom. The van der Waals surface area contributed by atoms with Gasteiger partial charge in [-0.3, -0.25) is 9.59 Å². The molecule has 0 saturated carbocycles. The zero-order valence-corrected chi connectivity index (χ0v) is 12.3. The lowest BCUT2D eigenvalue weighted by molar-refractivity contribution is -0.138. The minimum atomic E-state index is -0.0994. The van der Waals surface area contributed by atoms with E-state index < -0.39 is 0 Å². The maximum atomic E-state index is 12.1. The maximum Gasteiger partial charge on any atom is 0.239 e. The molecule has 0 spiro atoms. The van der Waals surface area contributed by atoms with Crippen LogP contribution in [0.2, 0.25) is 0 Å². The van der Waals surface area contributed by atoms with Crippen LogP contribution < -0.4 is 14.8 Å². The van der Waals surface area contributed by atoms with Crippen LogP contribution in [0.25, 0.3) is 0 Å². The van der Waals surface area contributed by atoms with Crippen molar-refractivity contribution in [1.82, 2.24) is 10.2 Å². The topological polar surface area (TPSA) is 67.9 Å². The minimum Gasteiger partial charge on any atom is -0.497 e. The lowest BCUT2D eigenvalue weighted by Crippen LogP contribution is -2.50. The molecule has 114 valence electrons. The van der Waals surface area contributed by atoms with Crippen molar-refractivity contribution in [2.45, 2.75) is 12.8 Å². The van der Waals surface area contributed by atoms with Crippen LogP contribution in [0.3, 0.4) is 0 Å². The lowest BCUT2D eigenvalue weighted by atomic mass is 10.1. The Hall–Kier alpha value is -2.24. The van der Waals surface area contributed by atoms with Crippen molar-refractivity contribution in [1.29, 1.82) is 0 Å². The average Bonchev–Trinajstić information content (AvgIpc) is 2.52. The molecule has 0 radical (unpaired) electrons. The molecule has 1 aliphatic rings. The Bertz CT molecular complexity index is 508. The Morgan fingerprint density at radius 3 is 2.48 bits per heavy atom. The zero-order valence-electron chi connectivity index (χ0n) is 12.3. The summed E-state index contributed by atoms with van der Waals surface area (Å²) in [7, 11) is 3.19. The maximum absolute atomic E-state index is 12.1. The van der Waals surface area contributed by atoms with Gasteiger partial charge in [-0.15, -0.1) is 0 Å². The summed E-state index contributed by atoms with van der Waals surface area (Å²) in [6.07, 6.45) is 0.952. The Balaban J connectivity index is 1.95. The molecule has 1 saturated heterocycles. The van der Waals surface area contributed by atoms with Crippen LogP contribution in [0.1, 0.15) is 12.0 Å². The number of rotatable bonds is 5. The zero-order chi connectivity index (χ0) is 15.2. The fraction of sp³-hybridized carbons (Fsp3) is 0.467. The average molecular weight is 292 g/mol. The monoisotopic (exact) mass is 292 g/mol. The first kappa shape index (κ1) is 15.2. The quantitative estimate of drug-likeness (QED) is 0.862. The Morgan fingerprint density at radius 2 is 1.90 bits per heavy atom. The van der Waals surface area contributed by atoms with Gasteiger partial charge in [0, 0.05) is 25.6 Å². The van der Waals surface area contributed by atoms with E-state index in [2.05, 4.69) is 5.32 Å². The number of nitrogens with zero attached hydrogens (tertiary/aromatic N) is 1. The molecule has 1 N–H and O–H groups in total. The summed E-state index contributed by atoms with van der Waals surface area (Å²) in [5, 5.41) is 2.70. The van der Waals surface area contributed by atoms with E-state index in [4.69, 9.17) is 9.47 Å². The predicted molar refractivity (Wildman–Crippen MR) is 77.5 cm³/mol. The summed E-state index contributed by atoms with van der Waals surface area (Å²) >= 11 is 0. The molecule has 0 unspecified atom stereocenters. The molecule has 6 nitrogen and oxygen atoms in total. The van der Waals surface area contributed by atoms with E-state index in [9.17, 15) is 9.59 Å². The smallest absolute Gasteiger partial charge is 0.239 e. The summed E-state index contributed by atoms with van der Waals surface area (Å²) in [5.41, 5.74) is 0.973. The molecule has 1 aromatic rings. The number of carbonyl (C=O) groups excluding carboxylic acids is 2. The van der Waals surface area contributed by atoms with Gasteiger partial charge in [-0.25, -0.2) is 0 Å². The number of carbonyl (C=O) groups is 2. The molecule has 0 bridgehead atoms. The van der Waals surface area contributed by atoms with E-state index in [1.54, 1.807) is 25.2 Å². The van der Waals surface area contributed by atoms with E-state index in [1.807, 2.05) is 12.1 Å². The van der Waals surface area contributed by atoms with Crippen molar-refractivity contribution < 1.29 is 19.1 Å². The lowest BCUT2D eigenvalue weighted by Gasteiger charge is -2.26. The van der Waals surface area contributed by atoms with Crippen molar-refractivity contribution in [3.05, 3.63) is 23.8 Å².